The second-order valence-electron chi connectivity index (χ2n) is 17.3. The van der Waals surface area contributed by atoms with E-state index in [1.165, 1.54) is 135 Å². The Morgan fingerprint density at radius 1 is 0.279 bits per heavy atom. The maximum absolute atomic E-state index is 6.08. The van der Waals surface area contributed by atoms with Crippen molar-refractivity contribution >= 4 is 7.32 Å². The molecule has 0 aromatic rings. The Morgan fingerprint density at radius 3 is 0.674 bits per heavy atom. The lowest BCUT2D eigenvalue weighted by Crippen LogP contribution is -2.28. The van der Waals surface area contributed by atoms with E-state index in [1.54, 1.807) is 0 Å². The van der Waals surface area contributed by atoms with Crippen LogP contribution < -0.4 is 0 Å². The van der Waals surface area contributed by atoms with Crippen molar-refractivity contribution in [2.24, 2.45) is 16.2 Å². The predicted octanol–water partition coefficient (Wildman–Crippen LogP) is 13.5. The van der Waals surface area contributed by atoms with Crippen LogP contribution in [0.3, 0.4) is 0 Å². The quantitative estimate of drug-likeness (QED) is 0.0600. The zero-order valence-electron chi connectivity index (χ0n) is 31.4. The Hall–Kier alpha value is -0.0551. The van der Waals surface area contributed by atoms with E-state index in [0.29, 0.717) is 16.2 Å². The molecule has 0 aliphatic carbocycles. The van der Waals surface area contributed by atoms with Gasteiger partial charge in [0.15, 0.2) is 0 Å². The average molecular weight is 609 g/mol. The molecule has 4 heteroatoms. The van der Waals surface area contributed by atoms with Gasteiger partial charge in [-0.15, -0.1) is 0 Å². The van der Waals surface area contributed by atoms with Crippen LogP contribution in [0, 0.1) is 16.2 Å². The molecular formula is C39H81BO3. The number of rotatable bonds is 30. The summed E-state index contributed by atoms with van der Waals surface area (Å²) in [7, 11) is -0.479. The van der Waals surface area contributed by atoms with E-state index in [0.717, 1.165) is 39.1 Å². The molecule has 0 radical (unpaired) electrons. The topological polar surface area (TPSA) is 27.7 Å². The first-order valence-electron chi connectivity index (χ1n) is 19.1. The summed E-state index contributed by atoms with van der Waals surface area (Å²) in [6.45, 7) is 23.4. The van der Waals surface area contributed by atoms with Crippen molar-refractivity contribution in [3.05, 3.63) is 0 Å². The average Bonchev–Trinajstić information content (AvgIpc) is 2.89. The van der Waals surface area contributed by atoms with E-state index >= 15 is 0 Å². The zero-order valence-corrected chi connectivity index (χ0v) is 31.4. The molecule has 0 saturated carbocycles. The molecule has 43 heavy (non-hydrogen) atoms. The molecule has 0 aliphatic heterocycles. The second kappa shape index (κ2) is 27.1. The van der Waals surface area contributed by atoms with E-state index in [2.05, 4.69) is 62.3 Å². The van der Waals surface area contributed by atoms with Gasteiger partial charge in [-0.25, -0.2) is 0 Å². The Kier molecular flexibility index (Phi) is 27.1. The smallest absolute Gasteiger partial charge is 0.386 e. The van der Waals surface area contributed by atoms with Gasteiger partial charge in [-0.05, 0) is 54.8 Å². The summed E-state index contributed by atoms with van der Waals surface area (Å²) >= 11 is 0. The van der Waals surface area contributed by atoms with Crippen LogP contribution in [-0.2, 0) is 14.0 Å². The zero-order chi connectivity index (χ0) is 32.3. The van der Waals surface area contributed by atoms with Crippen molar-refractivity contribution in [2.75, 3.05) is 19.8 Å². The lowest BCUT2D eigenvalue weighted by molar-refractivity contribution is 0.0885. The highest BCUT2D eigenvalue weighted by atomic mass is 16.7. The van der Waals surface area contributed by atoms with Crippen molar-refractivity contribution in [2.45, 2.75) is 216 Å². The summed E-state index contributed by atoms with van der Waals surface area (Å²) < 4.78 is 18.2. The Labute approximate surface area is 273 Å². The third-order valence-corrected chi connectivity index (χ3v) is 8.48. The van der Waals surface area contributed by atoms with Gasteiger partial charge in [0.2, 0.25) is 0 Å². The van der Waals surface area contributed by atoms with Crippen molar-refractivity contribution in [1.29, 1.82) is 0 Å². The van der Waals surface area contributed by atoms with Gasteiger partial charge in [-0.1, -0.05) is 178 Å². The first-order chi connectivity index (χ1) is 20.3. The highest BCUT2D eigenvalue weighted by Gasteiger charge is 2.20. The molecule has 0 spiro atoms. The molecule has 0 rings (SSSR count). The molecule has 258 valence electrons. The standard InChI is InChI=1S/C39H81BO3/c1-37(2,3)31-25-19-13-10-16-22-28-34-41-40(42-35-29-23-17-11-14-20-26-32-38(4,5)6)43-36-30-24-18-12-15-21-27-33-39(7,8)9/h10-36H2,1-9H3. The summed E-state index contributed by atoms with van der Waals surface area (Å²) in [5.74, 6) is 0. The third kappa shape index (κ3) is 38.0. The normalized spacial score (nSPS) is 12.8. The molecule has 0 aromatic carbocycles. The maximum Gasteiger partial charge on any atom is 0.639 e. The van der Waals surface area contributed by atoms with Crippen LogP contribution in [-0.4, -0.2) is 27.1 Å². The van der Waals surface area contributed by atoms with E-state index in [-0.39, 0.29) is 0 Å². The van der Waals surface area contributed by atoms with Crippen LogP contribution in [0.4, 0.5) is 0 Å². The Bertz CT molecular complexity index is 492. The van der Waals surface area contributed by atoms with Gasteiger partial charge in [-0.3, -0.25) is 0 Å². The minimum atomic E-state index is -0.479. The van der Waals surface area contributed by atoms with Gasteiger partial charge < -0.3 is 14.0 Å². The second-order valence-corrected chi connectivity index (χ2v) is 17.3. The van der Waals surface area contributed by atoms with Gasteiger partial charge in [0.25, 0.3) is 0 Å². The largest absolute Gasteiger partial charge is 0.639 e. The highest BCUT2D eigenvalue weighted by Crippen LogP contribution is 2.24. The van der Waals surface area contributed by atoms with Crippen LogP contribution in [0.25, 0.3) is 0 Å². The summed E-state index contributed by atoms with van der Waals surface area (Å²) in [6, 6.07) is 0. The number of hydrogen-bond donors (Lipinski definition) is 0. The number of unbranched alkanes of at least 4 members (excludes halogenated alkanes) is 18. The summed E-state index contributed by atoms with van der Waals surface area (Å²) in [4.78, 5) is 0. The fourth-order valence-corrected chi connectivity index (χ4v) is 5.61. The maximum atomic E-state index is 6.08. The van der Waals surface area contributed by atoms with E-state index in [9.17, 15) is 0 Å². The lowest BCUT2D eigenvalue weighted by Gasteiger charge is -2.17. The minimum Gasteiger partial charge on any atom is -0.386 e. The van der Waals surface area contributed by atoms with Gasteiger partial charge >= 0.3 is 7.32 Å². The van der Waals surface area contributed by atoms with E-state index in [4.69, 9.17) is 14.0 Å². The molecule has 0 N–H and O–H groups in total. The lowest BCUT2D eigenvalue weighted by atomic mass is 9.89. The van der Waals surface area contributed by atoms with Crippen LogP contribution in [0.1, 0.15) is 216 Å². The van der Waals surface area contributed by atoms with Crippen molar-refractivity contribution < 1.29 is 14.0 Å². The van der Waals surface area contributed by atoms with Gasteiger partial charge in [-0.2, -0.15) is 0 Å². The molecule has 0 saturated heterocycles. The van der Waals surface area contributed by atoms with Crippen molar-refractivity contribution in [3.8, 4) is 0 Å². The minimum absolute atomic E-state index is 0.479. The molecule has 0 heterocycles. The summed E-state index contributed by atoms with van der Waals surface area (Å²) in [5.41, 5.74) is 1.44. The highest BCUT2D eigenvalue weighted by molar-refractivity contribution is 6.36. The Morgan fingerprint density at radius 2 is 0.465 bits per heavy atom. The Balaban J connectivity index is 4.02. The molecule has 3 nitrogen and oxygen atoms in total. The van der Waals surface area contributed by atoms with Crippen LogP contribution in [0.5, 0.6) is 0 Å². The molecule has 0 bridgehead atoms. The summed E-state index contributed by atoms with van der Waals surface area (Å²) in [6.07, 6.45) is 31.5. The summed E-state index contributed by atoms with van der Waals surface area (Å²) in [5, 5.41) is 0. The van der Waals surface area contributed by atoms with Crippen molar-refractivity contribution in [1.82, 2.24) is 0 Å². The molecule has 0 aliphatic rings. The predicted molar refractivity (Wildman–Crippen MR) is 193 cm³/mol. The van der Waals surface area contributed by atoms with Gasteiger partial charge in [0, 0.05) is 19.8 Å². The molecule has 0 fully saturated rings. The van der Waals surface area contributed by atoms with Gasteiger partial charge in [0.1, 0.15) is 0 Å². The SMILES string of the molecule is CC(C)(C)CCCCCCCCCOB(OCCCCCCCCCC(C)(C)C)OCCCCCCCCCC(C)(C)C. The van der Waals surface area contributed by atoms with Gasteiger partial charge in [0.05, 0.1) is 0 Å². The van der Waals surface area contributed by atoms with Crippen LogP contribution in [0.2, 0.25) is 0 Å². The molecule has 0 aromatic heterocycles. The van der Waals surface area contributed by atoms with Crippen molar-refractivity contribution in [3.63, 3.8) is 0 Å². The first-order valence-corrected chi connectivity index (χ1v) is 19.1. The number of hydrogen-bond acceptors (Lipinski definition) is 3. The van der Waals surface area contributed by atoms with E-state index < -0.39 is 7.32 Å². The van der Waals surface area contributed by atoms with E-state index in [1.807, 2.05) is 0 Å². The monoisotopic (exact) mass is 609 g/mol. The van der Waals surface area contributed by atoms with Crippen LogP contribution in [0.15, 0.2) is 0 Å². The molecular weight excluding hydrogens is 527 g/mol. The molecule has 0 unspecified atom stereocenters. The fourth-order valence-electron chi connectivity index (χ4n) is 5.61. The first kappa shape index (κ1) is 42.9. The molecule has 0 atom stereocenters. The third-order valence-electron chi connectivity index (χ3n) is 8.48. The molecule has 0 amide bonds. The van der Waals surface area contributed by atoms with Crippen LogP contribution >= 0.6 is 0 Å². The fraction of sp³-hybridized carbons (Fsp3) is 1.00.